The molecule has 1 aromatic rings. The van der Waals surface area contributed by atoms with Gasteiger partial charge < -0.3 is 10.6 Å². The molecule has 0 aromatic heterocycles. The van der Waals surface area contributed by atoms with Crippen molar-refractivity contribution in [3.05, 3.63) is 34.6 Å². The van der Waals surface area contributed by atoms with Gasteiger partial charge in [-0.15, -0.1) is 0 Å². The highest BCUT2D eigenvalue weighted by Crippen LogP contribution is 2.27. The molecule has 0 saturated heterocycles. The first-order valence-electron chi connectivity index (χ1n) is 9.56. The highest BCUT2D eigenvalue weighted by Gasteiger charge is 2.26. The number of halogens is 2. The van der Waals surface area contributed by atoms with Crippen molar-refractivity contribution < 1.29 is 9.18 Å². The summed E-state index contributed by atoms with van der Waals surface area (Å²) in [5, 5.41) is 7.07. The Labute approximate surface area is 154 Å². The smallest absolute Gasteiger partial charge is 0.224 e. The Hall–Kier alpha value is -1.13. The molecule has 2 N–H and O–H groups in total. The fourth-order valence-electron chi connectivity index (χ4n) is 4.27. The molecule has 0 unspecified atom stereocenters. The highest BCUT2D eigenvalue weighted by atomic mass is 35.5. The zero-order valence-corrected chi connectivity index (χ0v) is 15.5. The van der Waals surface area contributed by atoms with Gasteiger partial charge in [0.25, 0.3) is 0 Å². The normalized spacial score (nSPS) is 23.9. The minimum absolute atomic E-state index is 0.0572. The molecular weight excluding hydrogens is 339 g/mol. The van der Waals surface area contributed by atoms with Crippen LogP contribution in [0, 0.1) is 11.7 Å². The van der Waals surface area contributed by atoms with Gasteiger partial charge >= 0.3 is 0 Å². The number of nitrogens with one attached hydrogen (secondary N) is 2. The molecule has 0 spiro atoms. The third-order valence-corrected chi connectivity index (χ3v) is 5.76. The molecule has 0 radical (unpaired) electrons. The van der Waals surface area contributed by atoms with Crippen LogP contribution in [0.3, 0.4) is 0 Å². The lowest BCUT2D eigenvalue weighted by atomic mass is 10.0. The number of carbonyl (C=O) groups is 1. The predicted octanol–water partition coefficient (Wildman–Crippen LogP) is 4.23. The van der Waals surface area contributed by atoms with E-state index in [0.29, 0.717) is 16.6 Å². The minimum Gasteiger partial charge on any atom is -0.353 e. The number of rotatable bonds is 7. The summed E-state index contributed by atoms with van der Waals surface area (Å²) < 4.78 is 13.3. The summed E-state index contributed by atoms with van der Waals surface area (Å²) in [7, 11) is 0. The second-order valence-electron chi connectivity index (χ2n) is 7.62. The molecule has 2 fully saturated rings. The molecule has 0 bridgehead atoms. The number of amides is 1. The summed E-state index contributed by atoms with van der Waals surface area (Å²) in [4.78, 5) is 12.2. The van der Waals surface area contributed by atoms with Gasteiger partial charge in [-0.3, -0.25) is 4.79 Å². The van der Waals surface area contributed by atoms with Crippen LogP contribution in [-0.2, 0) is 11.2 Å². The summed E-state index contributed by atoms with van der Waals surface area (Å²) >= 11 is 5.84. The maximum absolute atomic E-state index is 13.3. The molecule has 3 nitrogen and oxygen atoms in total. The lowest BCUT2D eigenvalue weighted by molar-refractivity contribution is -0.121. The van der Waals surface area contributed by atoms with Gasteiger partial charge in [0, 0.05) is 17.1 Å². The molecule has 3 rings (SSSR count). The first kappa shape index (κ1) is 18.7. The average molecular weight is 367 g/mol. The van der Waals surface area contributed by atoms with Crippen LogP contribution in [0.4, 0.5) is 4.39 Å². The van der Waals surface area contributed by atoms with Crippen molar-refractivity contribution in [1.29, 1.82) is 0 Å². The Morgan fingerprint density at radius 2 is 1.88 bits per heavy atom. The fraction of sp³-hybridized carbons (Fsp3) is 0.650. The summed E-state index contributed by atoms with van der Waals surface area (Å²) in [6, 6.07) is 5.00. The SMILES string of the molecule is O=C(Cc1cc(F)cc(Cl)c1)N[C@H]1CC[C@@H](NCCC2CCCC2)C1. The van der Waals surface area contributed by atoms with Gasteiger partial charge in [-0.1, -0.05) is 37.3 Å². The van der Waals surface area contributed by atoms with Crippen LogP contribution in [0.2, 0.25) is 5.02 Å². The second-order valence-corrected chi connectivity index (χ2v) is 8.06. The minimum atomic E-state index is -0.400. The Kier molecular flexibility index (Phi) is 6.71. The van der Waals surface area contributed by atoms with E-state index in [1.165, 1.54) is 44.2 Å². The van der Waals surface area contributed by atoms with Crippen molar-refractivity contribution in [2.75, 3.05) is 6.54 Å². The zero-order chi connectivity index (χ0) is 17.6. The van der Waals surface area contributed by atoms with Gasteiger partial charge in [-0.25, -0.2) is 4.39 Å². The number of hydrogen-bond acceptors (Lipinski definition) is 2. The molecule has 0 heterocycles. The van der Waals surface area contributed by atoms with E-state index >= 15 is 0 Å². The van der Waals surface area contributed by atoms with Crippen molar-refractivity contribution >= 4 is 17.5 Å². The van der Waals surface area contributed by atoms with E-state index in [1.54, 1.807) is 6.07 Å². The molecule has 0 aliphatic heterocycles. The third-order valence-electron chi connectivity index (χ3n) is 5.55. The molecule has 1 amide bonds. The topological polar surface area (TPSA) is 41.1 Å². The van der Waals surface area contributed by atoms with Crippen LogP contribution in [0.15, 0.2) is 18.2 Å². The fourth-order valence-corrected chi connectivity index (χ4v) is 4.51. The first-order valence-corrected chi connectivity index (χ1v) is 9.94. The number of carbonyl (C=O) groups excluding carboxylic acids is 1. The van der Waals surface area contributed by atoms with Crippen LogP contribution in [-0.4, -0.2) is 24.5 Å². The Balaban J connectivity index is 1.36. The monoisotopic (exact) mass is 366 g/mol. The van der Waals surface area contributed by atoms with E-state index in [2.05, 4.69) is 10.6 Å². The molecule has 2 saturated carbocycles. The number of hydrogen-bond donors (Lipinski definition) is 2. The van der Waals surface area contributed by atoms with E-state index < -0.39 is 5.82 Å². The molecule has 2 aliphatic rings. The van der Waals surface area contributed by atoms with Crippen molar-refractivity contribution in [3.63, 3.8) is 0 Å². The van der Waals surface area contributed by atoms with Crippen LogP contribution >= 0.6 is 11.6 Å². The lowest BCUT2D eigenvalue weighted by Gasteiger charge is -2.16. The first-order chi connectivity index (χ1) is 12.1. The molecule has 138 valence electrons. The standard InChI is InChI=1S/C20H28ClFN2O/c21-16-9-15(10-17(22)12-16)11-20(25)24-19-6-5-18(13-19)23-8-7-14-3-1-2-4-14/h9-10,12,14,18-19,23H,1-8,11,13H2,(H,24,25)/t18-,19+/m1/s1. The summed E-state index contributed by atoms with van der Waals surface area (Å²) in [6.45, 7) is 1.10. The van der Waals surface area contributed by atoms with E-state index in [9.17, 15) is 9.18 Å². The van der Waals surface area contributed by atoms with E-state index in [0.717, 1.165) is 31.7 Å². The van der Waals surface area contributed by atoms with Crippen molar-refractivity contribution in [3.8, 4) is 0 Å². The van der Waals surface area contributed by atoms with Crippen LogP contribution in [0.25, 0.3) is 0 Å². The van der Waals surface area contributed by atoms with Gasteiger partial charge in [0.05, 0.1) is 6.42 Å². The average Bonchev–Trinajstić information content (AvgIpc) is 3.18. The second kappa shape index (κ2) is 9.00. The predicted molar refractivity (Wildman–Crippen MR) is 99.3 cm³/mol. The van der Waals surface area contributed by atoms with Crippen molar-refractivity contribution in [2.24, 2.45) is 5.92 Å². The maximum atomic E-state index is 13.3. The lowest BCUT2D eigenvalue weighted by Crippen LogP contribution is -2.36. The molecule has 5 heteroatoms. The molecule has 1 aromatic carbocycles. The molecule has 2 atom stereocenters. The van der Waals surface area contributed by atoms with E-state index in [-0.39, 0.29) is 18.4 Å². The van der Waals surface area contributed by atoms with Gasteiger partial charge in [0.15, 0.2) is 0 Å². The third kappa shape index (κ3) is 5.96. The van der Waals surface area contributed by atoms with Gasteiger partial charge in [0.2, 0.25) is 5.91 Å². The molecule has 25 heavy (non-hydrogen) atoms. The summed E-state index contributed by atoms with van der Waals surface area (Å²) in [6.07, 6.45) is 10.2. The van der Waals surface area contributed by atoms with Gasteiger partial charge in [-0.05, 0) is 61.9 Å². The molecule has 2 aliphatic carbocycles. The molecular formula is C20H28ClFN2O. The quantitative estimate of drug-likeness (QED) is 0.758. The Morgan fingerprint density at radius 1 is 1.12 bits per heavy atom. The van der Waals surface area contributed by atoms with Crippen molar-refractivity contribution in [2.45, 2.75) is 69.9 Å². The number of benzene rings is 1. The van der Waals surface area contributed by atoms with Crippen LogP contribution < -0.4 is 10.6 Å². The van der Waals surface area contributed by atoms with Crippen LogP contribution in [0.1, 0.15) is 56.9 Å². The van der Waals surface area contributed by atoms with Gasteiger partial charge in [-0.2, -0.15) is 0 Å². The zero-order valence-electron chi connectivity index (χ0n) is 14.7. The summed E-state index contributed by atoms with van der Waals surface area (Å²) in [5.41, 5.74) is 0.617. The van der Waals surface area contributed by atoms with E-state index in [1.807, 2.05) is 0 Å². The largest absolute Gasteiger partial charge is 0.353 e. The van der Waals surface area contributed by atoms with Crippen molar-refractivity contribution in [1.82, 2.24) is 10.6 Å². The summed E-state index contributed by atoms with van der Waals surface area (Å²) in [5.74, 6) is 0.462. The van der Waals surface area contributed by atoms with Crippen LogP contribution in [0.5, 0.6) is 0 Å². The Morgan fingerprint density at radius 3 is 2.64 bits per heavy atom. The van der Waals surface area contributed by atoms with E-state index in [4.69, 9.17) is 11.6 Å². The highest BCUT2D eigenvalue weighted by molar-refractivity contribution is 6.30. The Bertz CT molecular complexity index is 569. The maximum Gasteiger partial charge on any atom is 0.224 e. The van der Waals surface area contributed by atoms with Gasteiger partial charge in [0.1, 0.15) is 5.82 Å².